The van der Waals surface area contributed by atoms with Crippen molar-refractivity contribution in [3.8, 4) is 22.5 Å². The molecule has 6 rings (SSSR count). The summed E-state index contributed by atoms with van der Waals surface area (Å²) in [5, 5.41) is 3.57. The van der Waals surface area contributed by atoms with Crippen molar-refractivity contribution in [2.24, 2.45) is 0 Å². The maximum Gasteiger partial charge on any atom is 0.138 e. The molecule has 136 valence electrons. The number of aromatic nitrogens is 3. The average Bonchev–Trinajstić information content (AvgIpc) is 3.22. The van der Waals surface area contributed by atoms with E-state index in [1.807, 2.05) is 30.5 Å². The third-order valence-electron chi connectivity index (χ3n) is 5.44. The van der Waals surface area contributed by atoms with Crippen molar-refractivity contribution in [1.82, 2.24) is 15.0 Å². The first-order chi connectivity index (χ1) is 14.3. The number of pyridine rings is 1. The van der Waals surface area contributed by atoms with E-state index in [-0.39, 0.29) is 0 Å². The highest BCUT2D eigenvalue weighted by molar-refractivity contribution is 5.92. The maximum atomic E-state index is 4.74. The van der Waals surface area contributed by atoms with Crippen LogP contribution in [0.2, 0.25) is 0 Å². The summed E-state index contributed by atoms with van der Waals surface area (Å²) in [7, 11) is 0. The van der Waals surface area contributed by atoms with Gasteiger partial charge in [-0.25, -0.2) is 4.98 Å². The number of benzene rings is 4. The van der Waals surface area contributed by atoms with Gasteiger partial charge in [0.15, 0.2) is 0 Å². The number of H-pyrrole nitrogens is 1. The Morgan fingerprint density at radius 3 is 2.21 bits per heavy atom. The lowest BCUT2D eigenvalue weighted by atomic mass is 9.99. The quantitative estimate of drug-likeness (QED) is 0.373. The van der Waals surface area contributed by atoms with Gasteiger partial charge in [0.2, 0.25) is 0 Å². The van der Waals surface area contributed by atoms with E-state index >= 15 is 0 Å². The number of hydrogen-bond acceptors (Lipinski definition) is 2. The Labute approximate surface area is 167 Å². The largest absolute Gasteiger partial charge is 0.338 e. The van der Waals surface area contributed by atoms with Crippen molar-refractivity contribution in [3.63, 3.8) is 0 Å². The molecule has 3 nitrogen and oxygen atoms in total. The van der Waals surface area contributed by atoms with Gasteiger partial charge in [-0.2, -0.15) is 0 Å². The molecule has 0 amide bonds. The SMILES string of the molecule is c1cnc2cc(-c3ccc4ccc(-c5nc6ccccc6[nH]5)cc4c3)ccc2c1. The van der Waals surface area contributed by atoms with Crippen LogP contribution in [-0.2, 0) is 0 Å². The number of para-hydroxylation sites is 2. The van der Waals surface area contributed by atoms with Crippen LogP contribution >= 0.6 is 0 Å². The zero-order valence-electron chi connectivity index (χ0n) is 15.6. The van der Waals surface area contributed by atoms with Crippen molar-refractivity contribution in [2.45, 2.75) is 0 Å². The van der Waals surface area contributed by atoms with Crippen LogP contribution in [0.4, 0.5) is 0 Å². The lowest BCUT2D eigenvalue weighted by Crippen LogP contribution is -1.84. The van der Waals surface area contributed by atoms with Gasteiger partial charge in [-0.3, -0.25) is 4.98 Å². The summed E-state index contributed by atoms with van der Waals surface area (Å²) in [5.74, 6) is 0.897. The van der Waals surface area contributed by atoms with Gasteiger partial charge in [-0.15, -0.1) is 0 Å². The smallest absolute Gasteiger partial charge is 0.138 e. The van der Waals surface area contributed by atoms with Crippen LogP contribution in [-0.4, -0.2) is 15.0 Å². The van der Waals surface area contributed by atoms with E-state index < -0.39 is 0 Å². The van der Waals surface area contributed by atoms with Crippen LogP contribution in [0.1, 0.15) is 0 Å². The van der Waals surface area contributed by atoms with Gasteiger partial charge in [0, 0.05) is 17.1 Å². The summed E-state index contributed by atoms with van der Waals surface area (Å²) in [4.78, 5) is 12.7. The minimum absolute atomic E-state index is 0.897. The molecule has 0 radical (unpaired) electrons. The Balaban J connectivity index is 1.47. The summed E-state index contributed by atoms with van der Waals surface area (Å²) >= 11 is 0. The van der Waals surface area contributed by atoms with Crippen molar-refractivity contribution in [1.29, 1.82) is 0 Å². The standard InChI is InChI=1S/C26H17N3/c1-2-6-24-23(5-1)28-26(29-24)21-12-8-17-7-10-19(14-22(17)15-21)20-11-9-18-4-3-13-27-25(18)16-20/h1-16H,(H,28,29). The molecule has 0 saturated heterocycles. The van der Waals surface area contributed by atoms with Crippen molar-refractivity contribution >= 4 is 32.7 Å². The average molecular weight is 371 g/mol. The highest BCUT2D eigenvalue weighted by Crippen LogP contribution is 2.29. The monoisotopic (exact) mass is 371 g/mol. The predicted molar refractivity (Wildman–Crippen MR) is 120 cm³/mol. The van der Waals surface area contributed by atoms with Gasteiger partial charge < -0.3 is 4.98 Å². The molecule has 0 aliphatic heterocycles. The van der Waals surface area contributed by atoms with Gasteiger partial charge in [0.25, 0.3) is 0 Å². The molecule has 2 heterocycles. The third-order valence-corrected chi connectivity index (χ3v) is 5.44. The molecule has 0 spiro atoms. The topological polar surface area (TPSA) is 41.6 Å². The van der Waals surface area contributed by atoms with Crippen molar-refractivity contribution in [2.75, 3.05) is 0 Å². The van der Waals surface area contributed by atoms with Crippen molar-refractivity contribution in [3.05, 3.63) is 97.2 Å². The predicted octanol–water partition coefficient (Wildman–Crippen LogP) is 6.60. The molecule has 4 aromatic carbocycles. The van der Waals surface area contributed by atoms with E-state index in [4.69, 9.17) is 4.98 Å². The van der Waals surface area contributed by atoms with Crippen LogP contribution in [0.15, 0.2) is 97.2 Å². The molecule has 1 N–H and O–H groups in total. The molecule has 0 unspecified atom stereocenters. The molecule has 0 atom stereocenters. The normalized spacial score (nSPS) is 11.4. The van der Waals surface area contributed by atoms with E-state index in [2.05, 4.69) is 76.7 Å². The molecule has 2 aromatic heterocycles. The molecular weight excluding hydrogens is 354 g/mol. The number of hydrogen-bond donors (Lipinski definition) is 1. The van der Waals surface area contributed by atoms with Crippen LogP contribution in [0.25, 0.3) is 55.2 Å². The molecular formula is C26H17N3. The van der Waals surface area contributed by atoms with Crippen molar-refractivity contribution < 1.29 is 0 Å². The Morgan fingerprint density at radius 2 is 1.31 bits per heavy atom. The number of nitrogens with zero attached hydrogens (tertiary/aromatic N) is 2. The number of imidazole rings is 1. The second-order valence-corrected chi connectivity index (χ2v) is 7.29. The second kappa shape index (κ2) is 6.28. The Hall–Kier alpha value is -3.98. The van der Waals surface area contributed by atoms with E-state index in [0.29, 0.717) is 0 Å². The van der Waals surface area contributed by atoms with E-state index in [1.54, 1.807) is 0 Å². The summed E-state index contributed by atoms with van der Waals surface area (Å²) in [6, 6.07) is 31.7. The number of aromatic amines is 1. The Morgan fingerprint density at radius 1 is 0.552 bits per heavy atom. The maximum absolute atomic E-state index is 4.74. The molecule has 0 saturated carbocycles. The first kappa shape index (κ1) is 16.0. The molecule has 6 aromatic rings. The lowest BCUT2D eigenvalue weighted by Gasteiger charge is -2.07. The molecule has 0 fully saturated rings. The third kappa shape index (κ3) is 2.75. The zero-order valence-corrected chi connectivity index (χ0v) is 15.6. The van der Waals surface area contributed by atoms with E-state index in [0.717, 1.165) is 33.3 Å². The lowest BCUT2D eigenvalue weighted by molar-refractivity contribution is 1.34. The van der Waals surface area contributed by atoms with Crippen LogP contribution in [0.3, 0.4) is 0 Å². The minimum atomic E-state index is 0.897. The van der Waals surface area contributed by atoms with Gasteiger partial charge >= 0.3 is 0 Å². The van der Waals surface area contributed by atoms with Gasteiger partial charge in [-0.1, -0.05) is 54.6 Å². The molecule has 0 bridgehead atoms. The first-order valence-corrected chi connectivity index (χ1v) is 9.68. The summed E-state index contributed by atoms with van der Waals surface area (Å²) in [5.41, 5.74) is 6.51. The Kier molecular flexibility index (Phi) is 3.47. The van der Waals surface area contributed by atoms with Crippen LogP contribution < -0.4 is 0 Å². The van der Waals surface area contributed by atoms with Gasteiger partial charge in [0.05, 0.1) is 16.6 Å². The number of fused-ring (bicyclic) bond motifs is 3. The fourth-order valence-corrected chi connectivity index (χ4v) is 3.91. The highest BCUT2D eigenvalue weighted by Gasteiger charge is 2.07. The molecule has 3 heteroatoms. The van der Waals surface area contributed by atoms with E-state index in [9.17, 15) is 0 Å². The first-order valence-electron chi connectivity index (χ1n) is 9.68. The summed E-state index contributed by atoms with van der Waals surface area (Å²) in [6.07, 6.45) is 1.84. The summed E-state index contributed by atoms with van der Waals surface area (Å²) < 4.78 is 0. The zero-order chi connectivity index (χ0) is 19.2. The summed E-state index contributed by atoms with van der Waals surface area (Å²) in [6.45, 7) is 0. The Bertz CT molecular complexity index is 1480. The molecule has 29 heavy (non-hydrogen) atoms. The number of nitrogens with one attached hydrogen (secondary N) is 1. The highest BCUT2D eigenvalue weighted by atomic mass is 14.9. The van der Waals surface area contributed by atoms with Crippen LogP contribution in [0, 0.1) is 0 Å². The number of rotatable bonds is 2. The van der Waals surface area contributed by atoms with E-state index in [1.165, 1.54) is 21.9 Å². The van der Waals surface area contributed by atoms with Crippen LogP contribution in [0.5, 0.6) is 0 Å². The fourth-order valence-electron chi connectivity index (χ4n) is 3.91. The fraction of sp³-hybridized carbons (Fsp3) is 0. The van der Waals surface area contributed by atoms with Gasteiger partial charge in [-0.05, 0) is 58.3 Å². The molecule has 0 aliphatic carbocycles. The minimum Gasteiger partial charge on any atom is -0.338 e. The van der Waals surface area contributed by atoms with Gasteiger partial charge in [0.1, 0.15) is 5.82 Å². The molecule has 0 aliphatic rings. The second-order valence-electron chi connectivity index (χ2n) is 7.29.